The Morgan fingerprint density at radius 1 is 1.45 bits per heavy atom. The number of aryl methyl sites for hydroxylation is 2. The minimum absolute atomic E-state index is 0.0526. The van der Waals surface area contributed by atoms with Crippen LogP contribution in [0.15, 0.2) is 6.07 Å². The third-order valence-electron chi connectivity index (χ3n) is 3.97. The Bertz CT molecular complexity index is 599. The molecule has 0 radical (unpaired) electrons. The van der Waals surface area contributed by atoms with Gasteiger partial charge in [0.2, 0.25) is 5.91 Å². The summed E-state index contributed by atoms with van der Waals surface area (Å²) in [5, 5.41) is 7.10. The quantitative estimate of drug-likeness (QED) is 0.902. The number of hydrogen-bond donors (Lipinski definition) is 1. The van der Waals surface area contributed by atoms with Crippen molar-refractivity contribution in [3.05, 3.63) is 11.8 Å². The van der Waals surface area contributed by atoms with Crippen molar-refractivity contribution in [2.24, 2.45) is 5.92 Å². The van der Waals surface area contributed by atoms with Crippen LogP contribution in [-0.4, -0.2) is 35.6 Å². The van der Waals surface area contributed by atoms with Gasteiger partial charge in [0.15, 0.2) is 15.7 Å². The van der Waals surface area contributed by atoms with E-state index >= 15 is 0 Å². The zero-order valence-electron chi connectivity index (χ0n) is 11.3. The second kappa shape index (κ2) is 5.20. The van der Waals surface area contributed by atoms with Crippen LogP contribution in [0.2, 0.25) is 0 Å². The highest BCUT2D eigenvalue weighted by molar-refractivity contribution is 7.91. The first-order valence-electron chi connectivity index (χ1n) is 7.09. The summed E-state index contributed by atoms with van der Waals surface area (Å²) in [4.78, 5) is 12.0. The van der Waals surface area contributed by atoms with Gasteiger partial charge in [-0.1, -0.05) is 0 Å². The monoisotopic (exact) mass is 297 g/mol. The van der Waals surface area contributed by atoms with Gasteiger partial charge in [0, 0.05) is 24.7 Å². The maximum atomic E-state index is 12.0. The fourth-order valence-electron chi connectivity index (χ4n) is 3.06. The number of hydrogen-bond acceptors (Lipinski definition) is 4. The highest BCUT2D eigenvalue weighted by Gasteiger charge is 2.26. The summed E-state index contributed by atoms with van der Waals surface area (Å²) in [7, 11) is -2.95. The molecule has 1 aromatic rings. The van der Waals surface area contributed by atoms with Crippen molar-refractivity contribution in [1.82, 2.24) is 9.78 Å². The third-order valence-corrected chi connectivity index (χ3v) is 5.86. The summed E-state index contributed by atoms with van der Waals surface area (Å²) in [6.07, 6.45) is 3.85. The van der Waals surface area contributed by atoms with Crippen LogP contribution in [-0.2, 0) is 27.6 Å². The molecule has 2 aliphatic rings. The Morgan fingerprint density at radius 3 is 3.05 bits per heavy atom. The molecule has 0 aromatic carbocycles. The normalized spacial score (nSPS) is 24.3. The number of anilines is 1. The van der Waals surface area contributed by atoms with Crippen LogP contribution in [0, 0.1) is 5.92 Å². The number of sulfone groups is 1. The maximum absolute atomic E-state index is 12.0. The summed E-state index contributed by atoms with van der Waals surface area (Å²) in [5.74, 6) is 0.800. The first-order valence-corrected chi connectivity index (χ1v) is 8.91. The molecule has 3 rings (SSSR count). The average Bonchev–Trinajstić information content (AvgIpc) is 2.87. The molecule has 1 saturated heterocycles. The predicted octanol–water partition coefficient (Wildman–Crippen LogP) is 0.983. The number of carbonyl (C=O) groups excluding carboxylic acids is 1. The molecule has 3 heterocycles. The first-order chi connectivity index (χ1) is 9.52. The largest absolute Gasteiger partial charge is 0.309 e. The number of nitrogens with one attached hydrogen (secondary N) is 1. The lowest BCUT2D eigenvalue weighted by molar-refractivity contribution is -0.117. The molecule has 1 fully saturated rings. The second-order valence-corrected chi connectivity index (χ2v) is 7.95. The van der Waals surface area contributed by atoms with Crippen LogP contribution < -0.4 is 5.32 Å². The van der Waals surface area contributed by atoms with Gasteiger partial charge in [0.25, 0.3) is 0 Å². The molecule has 2 aliphatic heterocycles. The van der Waals surface area contributed by atoms with Gasteiger partial charge >= 0.3 is 0 Å². The molecular weight excluding hydrogens is 278 g/mol. The summed E-state index contributed by atoms with van der Waals surface area (Å²) in [6.45, 7) is 0.909. The van der Waals surface area contributed by atoms with Gasteiger partial charge in [-0.3, -0.25) is 9.48 Å². The number of aromatic nitrogens is 2. The Morgan fingerprint density at radius 2 is 2.30 bits per heavy atom. The van der Waals surface area contributed by atoms with Crippen molar-refractivity contribution >= 4 is 21.6 Å². The van der Waals surface area contributed by atoms with Gasteiger partial charge in [-0.15, -0.1) is 0 Å². The smallest absolute Gasteiger partial charge is 0.225 e. The first kappa shape index (κ1) is 13.6. The van der Waals surface area contributed by atoms with Crippen molar-refractivity contribution in [2.45, 2.75) is 38.6 Å². The van der Waals surface area contributed by atoms with Crippen LogP contribution in [0.3, 0.4) is 0 Å². The Hall–Kier alpha value is -1.37. The van der Waals surface area contributed by atoms with Gasteiger partial charge in [-0.2, -0.15) is 5.10 Å². The van der Waals surface area contributed by atoms with E-state index in [1.807, 2.05) is 10.7 Å². The Labute approximate surface area is 118 Å². The molecule has 1 atom stereocenters. The van der Waals surface area contributed by atoms with E-state index in [-0.39, 0.29) is 29.8 Å². The van der Waals surface area contributed by atoms with E-state index in [0.29, 0.717) is 12.2 Å². The molecule has 1 unspecified atom stereocenters. The highest BCUT2D eigenvalue weighted by atomic mass is 32.2. The topological polar surface area (TPSA) is 81.1 Å². The maximum Gasteiger partial charge on any atom is 0.225 e. The lowest BCUT2D eigenvalue weighted by Gasteiger charge is -2.20. The van der Waals surface area contributed by atoms with E-state index in [1.165, 1.54) is 0 Å². The van der Waals surface area contributed by atoms with E-state index in [9.17, 15) is 13.2 Å². The van der Waals surface area contributed by atoms with Crippen LogP contribution in [0.5, 0.6) is 0 Å². The minimum Gasteiger partial charge on any atom is -0.309 e. The molecule has 0 spiro atoms. The Kier molecular flexibility index (Phi) is 3.54. The molecule has 1 aromatic heterocycles. The van der Waals surface area contributed by atoms with Crippen molar-refractivity contribution in [3.63, 3.8) is 0 Å². The number of amides is 1. The summed E-state index contributed by atoms with van der Waals surface area (Å²) in [6, 6.07) is 1.91. The molecule has 0 bridgehead atoms. The molecule has 20 heavy (non-hydrogen) atoms. The van der Waals surface area contributed by atoms with E-state index in [1.54, 1.807) is 0 Å². The van der Waals surface area contributed by atoms with E-state index < -0.39 is 9.84 Å². The standard InChI is InChI=1S/C13H19N3O3S/c17-13(7-10-3-2-6-20(18,19)9-10)14-12-8-11-4-1-5-16(11)15-12/h8,10H,1-7,9H2,(H,14,15,17). The van der Waals surface area contributed by atoms with Crippen molar-refractivity contribution in [3.8, 4) is 0 Å². The minimum atomic E-state index is -2.95. The average molecular weight is 297 g/mol. The predicted molar refractivity (Wildman–Crippen MR) is 75.2 cm³/mol. The zero-order valence-corrected chi connectivity index (χ0v) is 12.2. The fraction of sp³-hybridized carbons (Fsp3) is 0.692. The zero-order chi connectivity index (χ0) is 14.2. The SMILES string of the molecule is O=C(CC1CCCS(=O)(=O)C1)Nc1cc2n(n1)CCC2. The van der Waals surface area contributed by atoms with Crippen LogP contribution in [0.4, 0.5) is 5.82 Å². The number of rotatable bonds is 3. The molecule has 1 N–H and O–H groups in total. The fourth-order valence-corrected chi connectivity index (χ4v) is 4.83. The van der Waals surface area contributed by atoms with Crippen LogP contribution in [0.1, 0.15) is 31.4 Å². The molecule has 1 amide bonds. The number of carbonyl (C=O) groups is 1. The summed E-state index contributed by atoms with van der Waals surface area (Å²) >= 11 is 0. The van der Waals surface area contributed by atoms with Crippen molar-refractivity contribution in [2.75, 3.05) is 16.8 Å². The van der Waals surface area contributed by atoms with Gasteiger partial charge in [-0.05, 0) is 31.6 Å². The molecule has 0 aliphatic carbocycles. The molecule has 110 valence electrons. The molecule has 6 nitrogen and oxygen atoms in total. The van der Waals surface area contributed by atoms with Gasteiger partial charge in [-0.25, -0.2) is 8.42 Å². The highest BCUT2D eigenvalue weighted by Crippen LogP contribution is 2.22. The third kappa shape index (κ3) is 3.03. The van der Waals surface area contributed by atoms with Crippen LogP contribution >= 0.6 is 0 Å². The van der Waals surface area contributed by atoms with Crippen LogP contribution in [0.25, 0.3) is 0 Å². The number of nitrogens with zero attached hydrogens (tertiary/aromatic N) is 2. The Balaban J connectivity index is 1.56. The van der Waals surface area contributed by atoms with Gasteiger partial charge in [0.1, 0.15) is 0 Å². The summed E-state index contributed by atoms with van der Waals surface area (Å²) in [5.41, 5.74) is 1.15. The van der Waals surface area contributed by atoms with E-state index in [0.717, 1.165) is 31.5 Å². The molecule has 0 saturated carbocycles. The van der Waals surface area contributed by atoms with Crippen molar-refractivity contribution in [1.29, 1.82) is 0 Å². The summed E-state index contributed by atoms with van der Waals surface area (Å²) < 4.78 is 25.0. The lowest BCUT2D eigenvalue weighted by atomic mass is 10.0. The molecule has 7 heteroatoms. The second-order valence-electron chi connectivity index (χ2n) is 5.72. The van der Waals surface area contributed by atoms with E-state index in [4.69, 9.17) is 0 Å². The number of fused-ring (bicyclic) bond motifs is 1. The lowest BCUT2D eigenvalue weighted by Crippen LogP contribution is -2.28. The van der Waals surface area contributed by atoms with Gasteiger partial charge in [0.05, 0.1) is 11.5 Å². The van der Waals surface area contributed by atoms with Gasteiger partial charge < -0.3 is 5.32 Å². The van der Waals surface area contributed by atoms with Crippen molar-refractivity contribution < 1.29 is 13.2 Å². The molecular formula is C13H19N3O3S. The van der Waals surface area contributed by atoms with E-state index in [2.05, 4.69) is 10.4 Å².